The van der Waals surface area contributed by atoms with Gasteiger partial charge in [0.25, 0.3) is 0 Å². The molecule has 4 nitrogen and oxygen atoms in total. The zero-order valence-corrected chi connectivity index (χ0v) is 14.5. The Kier molecular flexibility index (Phi) is 5.38. The fourth-order valence-corrected chi connectivity index (χ4v) is 2.83. The standard InChI is InChI=1S/C18H17Cl2N3O/c19-13-8-7-12(10-14(13)20)11-18(24)21-9-3-6-17-22-15-4-1-2-5-16(15)23-17/h1-2,4-5,7-8,10H,3,6,9,11H2,(H,21,24)(H,22,23). The molecule has 0 atom stereocenters. The maximum Gasteiger partial charge on any atom is 0.224 e. The first-order chi connectivity index (χ1) is 11.6. The smallest absolute Gasteiger partial charge is 0.224 e. The molecule has 2 aromatic carbocycles. The number of para-hydroxylation sites is 2. The number of aryl methyl sites for hydroxylation is 1. The van der Waals surface area contributed by atoms with Crippen molar-refractivity contribution < 1.29 is 4.79 Å². The van der Waals surface area contributed by atoms with Gasteiger partial charge in [0.2, 0.25) is 5.91 Å². The molecule has 0 saturated carbocycles. The minimum atomic E-state index is -0.0296. The topological polar surface area (TPSA) is 57.8 Å². The number of amides is 1. The van der Waals surface area contributed by atoms with Gasteiger partial charge in [-0.1, -0.05) is 41.4 Å². The highest BCUT2D eigenvalue weighted by atomic mass is 35.5. The van der Waals surface area contributed by atoms with Crippen LogP contribution in [0.2, 0.25) is 10.0 Å². The summed E-state index contributed by atoms with van der Waals surface area (Å²) in [5, 5.41) is 3.87. The molecule has 0 aliphatic carbocycles. The van der Waals surface area contributed by atoms with Gasteiger partial charge in [0.15, 0.2) is 0 Å². The number of imidazole rings is 1. The number of hydrogen-bond acceptors (Lipinski definition) is 2. The lowest BCUT2D eigenvalue weighted by Crippen LogP contribution is -2.26. The van der Waals surface area contributed by atoms with E-state index in [2.05, 4.69) is 15.3 Å². The van der Waals surface area contributed by atoms with E-state index in [-0.39, 0.29) is 5.91 Å². The van der Waals surface area contributed by atoms with Gasteiger partial charge < -0.3 is 10.3 Å². The summed E-state index contributed by atoms with van der Waals surface area (Å²) in [5.74, 6) is 0.910. The summed E-state index contributed by atoms with van der Waals surface area (Å²) >= 11 is 11.8. The lowest BCUT2D eigenvalue weighted by Gasteiger charge is -2.05. The van der Waals surface area contributed by atoms with Crippen LogP contribution in [0.3, 0.4) is 0 Å². The molecule has 0 saturated heterocycles. The van der Waals surface area contributed by atoms with Gasteiger partial charge in [-0.25, -0.2) is 4.98 Å². The summed E-state index contributed by atoms with van der Waals surface area (Å²) in [6, 6.07) is 13.2. The minimum Gasteiger partial charge on any atom is -0.356 e. The van der Waals surface area contributed by atoms with Crippen LogP contribution < -0.4 is 5.32 Å². The van der Waals surface area contributed by atoms with Gasteiger partial charge in [0.1, 0.15) is 5.82 Å². The molecule has 1 amide bonds. The van der Waals surface area contributed by atoms with E-state index >= 15 is 0 Å². The van der Waals surface area contributed by atoms with Crippen LogP contribution in [-0.4, -0.2) is 22.4 Å². The Balaban J connectivity index is 1.44. The fourth-order valence-electron chi connectivity index (χ4n) is 2.51. The molecule has 6 heteroatoms. The molecule has 124 valence electrons. The summed E-state index contributed by atoms with van der Waals surface area (Å²) in [6.45, 7) is 0.608. The van der Waals surface area contributed by atoms with Gasteiger partial charge in [-0.3, -0.25) is 4.79 Å². The Labute approximate surface area is 150 Å². The number of aromatic amines is 1. The molecule has 0 fully saturated rings. The number of aromatic nitrogens is 2. The quantitative estimate of drug-likeness (QED) is 0.647. The summed E-state index contributed by atoms with van der Waals surface area (Å²) in [4.78, 5) is 19.8. The molecule has 2 N–H and O–H groups in total. The Morgan fingerprint density at radius 1 is 1.12 bits per heavy atom. The van der Waals surface area contributed by atoms with Crippen molar-refractivity contribution in [2.45, 2.75) is 19.3 Å². The van der Waals surface area contributed by atoms with Crippen molar-refractivity contribution in [3.63, 3.8) is 0 Å². The molecule has 0 aliphatic rings. The Morgan fingerprint density at radius 3 is 2.75 bits per heavy atom. The number of carbonyl (C=O) groups is 1. The number of fused-ring (bicyclic) bond motifs is 1. The molecule has 0 aliphatic heterocycles. The van der Waals surface area contributed by atoms with E-state index in [1.807, 2.05) is 30.3 Å². The largest absolute Gasteiger partial charge is 0.356 e. The van der Waals surface area contributed by atoms with E-state index in [0.29, 0.717) is 23.0 Å². The fraction of sp³-hybridized carbons (Fsp3) is 0.222. The van der Waals surface area contributed by atoms with Gasteiger partial charge in [0, 0.05) is 13.0 Å². The number of halogens is 2. The van der Waals surface area contributed by atoms with E-state index in [9.17, 15) is 4.79 Å². The Bertz CT molecular complexity index is 827. The molecule has 1 aromatic heterocycles. The highest BCUT2D eigenvalue weighted by Gasteiger charge is 2.06. The van der Waals surface area contributed by atoms with Gasteiger partial charge in [-0.2, -0.15) is 0 Å². The van der Waals surface area contributed by atoms with Crippen molar-refractivity contribution in [2.24, 2.45) is 0 Å². The van der Waals surface area contributed by atoms with Gasteiger partial charge >= 0.3 is 0 Å². The van der Waals surface area contributed by atoms with E-state index < -0.39 is 0 Å². The highest BCUT2D eigenvalue weighted by molar-refractivity contribution is 6.42. The second-order valence-electron chi connectivity index (χ2n) is 5.58. The third-order valence-electron chi connectivity index (χ3n) is 3.70. The molecule has 0 spiro atoms. The maximum absolute atomic E-state index is 12.0. The van der Waals surface area contributed by atoms with Crippen LogP contribution >= 0.6 is 23.2 Å². The molecule has 24 heavy (non-hydrogen) atoms. The summed E-state index contributed by atoms with van der Waals surface area (Å²) in [7, 11) is 0. The zero-order chi connectivity index (χ0) is 16.9. The van der Waals surface area contributed by atoms with Crippen molar-refractivity contribution in [3.05, 3.63) is 63.9 Å². The average molecular weight is 362 g/mol. The normalized spacial score (nSPS) is 10.9. The summed E-state index contributed by atoms with van der Waals surface area (Å²) < 4.78 is 0. The van der Waals surface area contributed by atoms with Crippen LogP contribution in [0.25, 0.3) is 11.0 Å². The van der Waals surface area contributed by atoms with Crippen LogP contribution in [0, 0.1) is 0 Å². The second kappa shape index (κ2) is 7.69. The van der Waals surface area contributed by atoms with E-state index in [0.717, 1.165) is 35.3 Å². The molecule has 0 radical (unpaired) electrons. The second-order valence-corrected chi connectivity index (χ2v) is 6.39. The molecule has 3 rings (SSSR count). The minimum absolute atomic E-state index is 0.0296. The van der Waals surface area contributed by atoms with Crippen LogP contribution in [0.4, 0.5) is 0 Å². The number of carbonyl (C=O) groups excluding carboxylic acids is 1. The predicted octanol–water partition coefficient (Wildman–Crippen LogP) is 4.16. The number of nitrogens with zero attached hydrogens (tertiary/aromatic N) is 1. The lowest BCUT2D eigenvalue weighted by atomic mass is 10.1. The maximum atomic E-state index is 12.0. The first kappa shape index (κ1) is 16.8. The van der Waals surface area contributed by atoms with Gasteiger partial charge in [0.05, 0.1) is 27.5 Å². The number of H-pyrrole nitrogens is 1. The first-order valence-electron chi connectivity index (χ1n) is 7.76. The van der Waals surface area contributed by atoms with Crippen LogP contribution in [0.15, 0.2) is 42.5 Å². The SMILES string of the molecule is O=C(Cc1ccc(Cl)c(Cl)c1)NCCCc1nc2ccccc2[nH]1. The van der Waals surface area contributed by atoms with Gasteiger partial charge in [-0.05, 0) is 36.2 Å². The molecular formula is C18H17Cl2N3O. The monoisotopic (exact) mass is 361 g/mol. The third-order valence-corrected chi connectivity index (χ3v) is 4.44. The highest BCUT2D eigenvalue weighted by Crippen LogP contribution is 2.22. The van der Waals surface area contributed by atoms with E-state index in [1.165, 1.54) is 0 Å². The third kappa shape index (κ3) is 4.28. The molecule has 0 bridgehead atoms. The van der Waals surface area contributed by atoms with Crippen LogP contribution in [0.1, 0.15) is 17.8 Å². The molecule has 1 heterocycles. The van der Waals surface area contributed by atoms with Crippen LogP contribution in [-0.2, 0) is 17.6 Å². The van der Waals surface area contributed by atoms with Crippen molar-refractivity contribution >= 4 is 40.1 Å². The lowest BCUT2D eigenvalue weighted by molar-refractivity contribution is -0.120. The number of benzene rings is 2. The molecule has 0 unspecified atom stereocenters. The predicted molar refractivity (Wildman–Crippen MR) is 97.6 cm³/mol. The van der Waals surface area contributed by atoms with E-state index in [1.54, 1.807) is 12.1 Å². The molecular weight excluding hydrogens is 345 g/mol. The van der Waals surface area contributed by atoms with E-state index in [4.69, 9.17) is 23.2 Å². The number of nitrogens with one attached hydrogen (secondary N) is 2. The van der Waals surface area contributed by atoms with Crippen molar-refractivity contribution in [1.82, 2.24) is 15.3 Å². The Morgan fingerprint density at radius 2 is 1.96 bits per heavy atom. The van der Waals surface area contributed by atoms with Crippen molar-refractivity contribution in [2.75, 3.05) is 6.54 Å². The van der Waals surface area contributed by atoms with Crippen molar-refractivity contribution in [3.8, 4) is 0 Å². The first-order valence-corrected chi connectivity index (χ1v) is 8.51. The van der Waals surface area contributed by atoms with Gasteiger partial charge in [-0.15, -0.1) is 0 Å². The summed E-state index contributed by atoms with van der Waals surface area (Å²) in [5.41, 5.74) is 2.85. The Hall–Kier alpha value is -2.04. The zero-order valence-electron chi connectivity index (χ0n) is 13.0. The summed E-state index contributed by atoms with van der Waals surface area (Å²) in [6.07, 6.45) is 1.91. The van der Waals surface area contributed by atoms with Crippen molar-refractivity contribution in [1.29, 1.82) is 0 Å². The number of rotatable bonds is 6. The average Bonchev–Trinajstić information content (AvgIpc) is 2.98. The van der Waals surface area contributed by atoms with Crippen LogP contribution in [0.5, 0.6) is 0 Å². The number of hydrogen-bond donors (Lipinski definition) is 2. The molecule has 3 aromatic rings.